The van der Waals surface area contributed by atoms with Gasteiger partial charge in [0.05, 0.1) is 27.4 Å². The van der Waals surface area contributed by atoms with Gasteiger partial charge in [0.15, 0.2) is 0 Å². The van der Waals surface area contributed by atoms with E-state index in [9.17, 15) is 15.0 Å². The molecule has 6 aliphatic rings. The second kappa shape index (κ2) is 14.3. The molecule has 1 saturated heterocycles. The molecular weight excluding hydrogens is 721 g/mol. The van der Waals surface area contributed by atoms with Crippen LogP contribution >= 0.6 is 0 Å². The van der Waals surface area contributed by atoms with E-state index in [-0.39, 0.29) is 17.9 Å². The Bertz CT molecular complexity index is 2140. The number of aromatic amines is 1. The average molecular weight is 781 g/mol. The Hall–Kier alpha value is -4.16. The lowest BCUT2D eigenvalue weighted by molar-refractivity contribution is -0.218. The van der Waals surface area contributed by atoms with E-state index < -0.39 is 40.0 Å². The number of esters is 2. The maximum Gasteiger partial charge on any atom is 0.342 e. The van der Waals surface area contributed by atoms with Gasteiger partial charge < -0.3 is 34.3 Å². The Kier molecular flexibility index (Phi) is 9.94. The van der Waals surface area contributed by atoms with Gasteiger partial charge in [0.2, 0.25) is 5.60 Å². The lowest BCUT2D eigenvalue weighted by Crippen LogP contribution is -2.80. The summed E-state index contributed by atoms with van der Waals surface area (Å²) in [7, 11) is 6.24. The van der Waals surface area contributed by atoms with Crippen molar-refractivity contribution in [2.24, 2.45) is 11.3 Å². The number of benzene rings is 2. The number of fused-ring (bicyclic) bond motifs is 6. The van der Waals surface area contributed by atoms with Gasteiger partial charge in [-0.25, -0.2) is 4.79 Å². The number of aliphatic hydroxyl groups excluding tert-OH is 1. The molecule has 9 atom stereocenters. The zero-order valence-electron chi connectivity index (χ0n) is 34.9. The molecule has 3 aromatic rings. The molecule has 2 bridgehead atoms. The highest BCUT2D eigenvalue weighted by Gasteiger charge is 2.79. The monoisotopic (exact) mass is 780 g/mol. The molecule has 2 fully saturated rings. The first-order valence-corrected chi connectivity index (χ1v) is 20.9. The standard InChI is InChI=1S/C43H52N4O7.C3H8/c1-7-25-18-26-21-42(38(49)53-5,34-28(24-46(22-25)23-26)27-12-9-10-13-31(27)44-34)30-19-29-32(20-33(30)52-4)45(3)36-41(29)15-17-47-16-11-14-40(8-2,35(41)47)37(48)43(36,51)39(50)54-6;1-3-2/h9-14,18-20,26,35-37,44,48,51H,7-8,15-17,21-24H2,1-6H3;3H2,1-2H3/t26-,35-,36+,37+,40+,41?,42-,43?;/m0./s1. The number of carbonyl (C=O) groups excluding carboxylic acids is 2. The first-order valence-electron chi connectivity index (χ1n) is 20.9. The number of likely N-dealkylation sites (N-methyl/N-ethyl adjacent to an activating group) is 1. The van der Waals surface area contributed by atoms with Gasteiger partial charge in [-0.3, -0.25) is 14.6 Å². The second-order valence-electron chi connectivity index (χ2n) is 17.3. The van der Waals surface area contributed by atoms with Crippen molar-refractivity contribution in [1.82, 2.24) is 14.8 Å². The van der Waals surface area contributed by atoms with Crippen molar-refractivity contribution in [3.05, 3.63) is 82.6 Å². The highest BCUT2D eigenvalue weighted by Crippen LogP contribution is 2.67. The number of methoxy groups -OCH3 is 3. The lowest BCUT2D eigenvalue weighted by Gasteiger charge is -2.63. The molecule has 9 rings (SSSR count). The van der Waals surface area contributed by atoms with E-state index in [0.29, 0.717) is 50.2 Å². The van der Waals surface area contributed by atoms with Gasteiger partial charge in [-0.15, -0.1) is 0 Å². The average Bonchev–Trinajstić information content (AvgIpc) is 3.87. The van der Waals surface area contributed by atoms with Crippen molar-refractivity contribution in [3.8, 4) is 5.75 Å². The number of aliphatic hydroxyl groups is 2. The molecule has 5 aliphatic heterocycles. The van der Waals surface area contributed by atoms with Gasteiger partial charge in [-0.2, -0.15) is 0 Å². The number of nitrogens with one attached hydrogen (secondary N) is 1. The van der Waals surface area contributed by atoms with Crippen LogP contribution in [-0.4, -0.2) is 115 Å². The Balaban J connectivity index is 0.00000147. The normalized spacial score (nSPS) is 34.7. The van der Waals surface area contributed by atoms with E-state index >= 15 is 4.79 Å². The van der Waals surface area contributed by atoms with Gasteiger partial charge >= 0.3 is 11.9 Å². The fourth-order valence-corrected chi connectivity index (χ4v) is 12.5. The number of aromatic nitrogens is 1. The minimum absolute atomic E-state index is 0.0475. The SMILES string of the molecule is CCC.CCC1=C[C@@H]2CN(C1)Cc1c([nH]c3ccccc13)[C@@](C(=O)OC)(c1cc3c(cc1OC)N(C)[C@H]1C(O)(C(=O)OC)[C@H](O)[C@]4(CC)C=CCN5CCC31[C@@H]54)C2. The number of ether oxygens (including phenoxy) is 3. The van der Waals surface area contributed by atoms with E-state index in [2.05, 4.69) is 65.9 Å². The van der Waals surface area contributed by atoms with E-state index in [4.69, 9.17) is 14.2 Å². The first-order chi connectivity index (χ1) is 27.4. The van der Waals surface area contributed by atoms with E-state index in [1.54, 1.807) is 7.11 Å². The molecule has 57 heavy (non-hydrogen) atoms. The van der Waals surface area contributed by atoms with Crippen molar-refractivity contribution < 1.29 is 34.0 Å². The topological polar surface area (TPSA) is 128 Å². The lowest BCUT2D eigenvalue weighted by atomic mass is 9.47. The molecule has 0 amide bonds. The van der Waals surface area contributed by atoms with Gasteiger partial charge in [0.25, 0.3) is 0 Å². The molecule has 2 aromatic carbocycles. The summed E-state index contributed by atoms with van der Waals surface area (Å²) in [5.74, 6) is -0.669. The minimum Gasteiger partial charge on any atom is -0.496 e. The molecule has 3 N–H and O–H groups in total. The van der Waals surface area contributed by atoms with Gasteiger partial charge in [0.1, 0.15) is 17.3 Å². The highest BCUT2D eigenvalue weighted by molar-refractivity contribution is 5.95. The molecule has 6 heterocycles. The number of hydrogen-bond acceptors (Lipinski definition) is 10. The van der Waals surface area contributed by atoms with E-state index in [1.807, 2.05) is 43.1 Å². The third-order valence-electron chi connectivity index (χ3n) is 14.5. The van der Waals surface area contributed by atoms with Crippen molar-refractivity contribution in [2.45, 2.75) is 101 Å². The Morgan fingerprint density at radius 1 is 0.982 bits per heavy atom. The van der Waals surface area contributed by atoms with Crippen molar-refractivity contribution >= 4 is 28.5 Å². The van der Waals surface area contributed by atoms with Crippen LogP contribution in [0.3, 0.4) is 0 Å². The van der Waals surface area contributed by atoms with Crippen LogP contribution < -0.4 is 9.64 Å². The van der Waals surface area contributed by atoms with Crippen LogP contribution in [0, 0.1) is 11.3 Å². The van der Waals surface area contributed by atoms with Gasteiger partial charge in [-0.1, -0.05) is 76.1 Å². The van der Waals surface area contributed by atoms with Crippen LogP contribution in [0.4, 0.5) is 5.69 Å². The van der Waals surface area contributed by atoms with Crippen LogP contribution in [0.2, 0.25) is 0 Å². The summed E-state index contributed by atoms with van der Waals surface area (Å²) >= 11 is 0. The van der Waals surface area contributed by atoms with Crippen molar-refractivity contribution in [3.63, 3.8) is 0 Å². The molecule has 1 spiro atoms. The number of anilines is 1. The molecule has 3 unspecified atom stereocenters. The Labute approximate surface area is 336 Å². The van der Waals surface area contributed by atoms with Gasteiger partial charge in [0, 0.05) is 84.0 Å². The van der Waals surface area contributed by atoms with Crippen molar-refractivity contribution in [1.29, 1.82) is 0 Å². The van der Waals surface area contributed by atoms with Crippen LogP contribution in [0.5, 0.6) is 5.75 Å². The van der Waals surface area contributed by atoms with E-state index in [1.165, 1.54) is 26.2 Å². The second-order valence-corrected chi connectivity index (χ2v) is 17.3. The molecule has 1 saturated carbocycles. The molecule has 0 radical (unpaired) electrons. The third-order valence-corrected chi connectivity index (χ3v) is 14.5. The fourth-order valence-electron chi connectivity index (χ4n) is 12.5. The molecule has 306 valence electrons. The molecule has 11 heteroatoms. The Morgan fingerprint density at radius 3 is 2.40 bits per heavy atom. The maximum absolute atomic E-state index is 15.1. The van der Waals surface area contributed by atoms with Crippen LogP contribution in [-0.2, 0) is 36.4 Å². The third kappa shape index (κ3) is 5.17. The predicted octanol–water partition coefficient (Wildman–Crippen LogP) is 5.60. The summed E-state index contributed by atoms with van der Waals surface area (Å²) in [5.41, 5.74) is 1.24. The summed E-state index contributed by atoms with van der Waals surface area (Å²) in [6.45, 7) is 12.2. The summed E-state index contributed by atoms with van der Waals surface area (Å²) in [5, 5.41) is 26.3. The largest absolute Gasteiger partial charge is 0.496 e. The predicted molar refractivity (Wildman–Crippen MR) is 220 cm³/mol. The number of H-pyrrole nitrogens is 1. The smallest absolute Gasteiger partial charge is 0.342 e. The summed E-state index contributed by atoms with van der Waals surface area (Å²) < 4.78 is 17.6. The summed E-state index contributed by atoms with van der Waals surface area (Å²) in [6.07, 6.45) is 8.77. The summed E-state index contributed by atoms with van der Waals surface area (Å²) in [6, 6.07) is 11.3. The fraction of sp³-hybridized carbons (Fsp3) is 0.565. The maximum atomic E-state index is 15.1. The molecule has 11 nitrogen and oxygen atoms in total. The number of rotatable bonds is 6. The highest BCUT2D eigenvalue weighted by atomic mass is 16.5. The minimum atomic E-state index is -2.27. The molecule has 1 aromatic heterocycles. The number of carbonyl (C=O) groups is 2. The van der Waals surface area contributed by atoms with E-state index in [0.717, 1.165) is 52.9 Å². The first kappa shape index (κ1) is 39.7. The van der Waals surface area contributed by atoms with Gasteiger partial charge in [-0.05, 0) is 61.4 Å². The van der Waals surface area contributed by atoms with Crippen LogP contribution in [0.25, 0.3) is 10.9 Å². The molecule has 1 aliphatic carbocycles. The number of nitrogens with zero attached hydrogens (tertiary/aromatic N) is 3. The molecular formula is C46H60N4O7. The van der Waals surface area contributed by atoms with Crippen LogP contribution in [0.15, 0.2) is 60.2 Å². The quantitative estimate of drug-likeness (QED) is 0.215. The van der Waals surface area contributed by atoms with Crippen LogP contribution in [0.1, 0.15) is 82.2 Å². The van der Waals surface area contributed by atoms with Crippen molar-refractivity contribution in [2.75, 3.05) is 59.5 Å². The zero-order chi connectivity index (χ0) is 40.7. The summed E-state index contributed by atoms with van der Waals surface area (Å²) in [4.78, 5) is 39.7. The number of para-hydroxylation sites is 1. The Morgan fingerprint density at radius 2 is 1.72 bits per heavy atom. The number of hydrogen-bond donors (Lipinski definition) is 3. The zero-order valence-corrected chi connectivity index (χ0v) is 34.9.